The molecule has 1 aliphatic carbocycles. The molecule has 0 radical (unpaired) electrons. The van der Waals surface area contributed by atoms with Crippen LogP contribution in [0.4, 0.5) is 11.4 Å². The Hall–Kier alpha value is -0.600. The minimum Gasteiger partial charge on any atom is -0.399 e. The maximum Gasteiger partial charge on any atom is 0.0720 e. The molecule has 0 aromatic heterocycles. The molecule has 0 spiro atoms. The summed E-state index contributed by atoms with van der Waals surface area (Å²) in [6, 6.07) is 3.42. The van der Waals surface area contributed by atoms with Gasteiger partial charge in [0.25, 0.3) is 0 Å². The third kappa shape index (κ3) is 2.25. The maximum atomic E-state index is 6.01. The van der Waals surface area contributed by atoms with Crippen LogP contribution in [0.25, 0.3) is 0 Å². The zero-order valence-electron chi connectivity index (χ0n) is 7.69. The smallest absolute Gasteiger partial charge is 0.0720 e. The van der Waals surface area contributed by atoms with E-state index in [1.165, 1.54) is 12.8 Å². The average molecular weight is 231 g/mol. The van der Waals surface area contributed by atoms with E-state index in [-0.39, 0.29) is 0 Å². The number of hydrogen-bond donors (Lipinski definition) is 2. The van der Waals surface area contributed by atoms with Crippen molar-refractivity contribution in [1.82, 2.24) is 0 Å². The van der Waals surface area contributed by atoms with Crippen LogP contribution in [0.1, 0.15) is 12.8 Å². The second-order valence-electron chi connectivity index (χ2n) is 3.68. The standard InChI is InChI=1S/C10H12Cl2N2/c11-8-3-7(13)4-9(12)10(8)14-5-6-1-2-6/h3-4,6,14H,1-2,5,13H2. The second kappa shape index (κ2) is 3.87. The first-order chi connectivity index (χ1) is 6.66. The highest BCUT2D eigenvalue weighted by atomic mass is 35.5. The van der Waals surface area contributed by atoms with E-state index in [1.54, 1.807) is 12.1 Å². The SMILES string of the molecule is Nc1cc(Cl)c(NCC2CC2)c(Cl)c1. The van der Waals surface area contributed by atoms with E-state index in [1.807, 2.05) is 0 Å². The Morgan fingerprint density at radius 1 is 1.29 bits per heavy atom. The van der Waals surface area contributed by atoms with Crippen LogP contribution in [0.3, 0.4) is 0 Å². The van der Waals surface area contributed by atoms with Crippen LogP contribution in [0.2, 0.25) is 10.0 Å². The lowest BCUT2D eigenvalue weighted by molar-refractivity contribution is 0.889. The molecule has 0 bridgehead atoms. The largest absolute Gasteiger partial charge is 0.399 e. The van der Waals surface area contributed by atoms with Crippen LogP contribution < -0.4 is 11.1 Å². The molecule has 1 saturated carbocycles. The molecule has 3 N–H and O–H groups in total. The van der Waals surface area contributed by atoms with Crippen LogP contribution >= 0.6 is 23.2 Å². The number of anilines is 2. The van der Waals surface area contributed by atoms with Crippen LogP contribution in [-0.4, -0.2) is 6.54 Å². The summed E-state index contributed by atoms with van der Waals surface area (Å²) in [5.41, 5.74) is 6.99. The van der Waals surface area contributed by atoms with E-state index >= 15 is 0 Å². The predicted octanol–water partition coefficient (Wildman–Crippen LogP) is 3.40. The summed E-state index contributed by atoms with van der Waals surface area (Å²) in [5.74, 6) is 0.791. The van der Waals surface area contributed by atoms with Crippen LogP contribution in [0, 0.1) is 5.92 Å². The molecule has 76 valence electrons. The summed E-state index contributed by atoms with van der Waals surface area (Å²) in [4.78, 5) is 0. The van der Waals surface area contributed by atoms with Crippen molar-refractivity contribution in [3.8, 4) is 0 Å². The van der Waals surface area contributed by atoms with E-state index < -0.39 is 0 Å². The number of benzene rings is 1. The van der Waals surface area contributed by atoms with E-state index in [9.17, 15) is 0 Å². The van der Waals surface area contributed by atoms with Crippen molar-refractivity contribution < 1.29 is 0 Å². The summed E-state index contributed by atoms with van der Waals surface area (Å²) < 4.78 is 0. The van der Waals surface area contributed by atoms with Gasteiger partial charge in [0.15, 0.2) is 0 Å². The lowest BCUT2D eigenvalue weighted by Gasteiger charge is -2.10. The second-order valence-corrected chi connectivity index (χ2v) is 4.50. The number of nitrogens with two attached hydrogens (primary N) is 1. The zero-order valence-corrected chi connectivity index (χ0v) is 9.20. The molecule has 0 atom stereocenters. The highest BCUT2D eigenvalue weighted by Crippen LogP contribution is 2.35. The van der Waals surface area contributed by atoms with Crippen LogP contribution in [0.5, 0.6) is 0 Å². The first kappa shape index (κ1) is 9.94. The first-order valence-electron chi connectivity index (χ1n) is 4.65. The quantitative estimate of drug-likeness (QED) is 0.782. The highest BCUT2D eigenvalue weighted by Gasteiger charge is 2.21. The first-order valence-corrected chi connectivity index (χ1v) is 5.41. The van der Waals surface area contributed by atoms with Gasteiger partial charge in [0.2, 0.25) is 0 Å². The molecule has 14 heavy (non-hydrogen) atoms. The van der Waals surface area contributed by atoms with Gasteiger partial charge in [-0.15, -0.1) is 0 Å². The summed E-state index contributed by atoms with van der Waals surface area (Å²) in [6.45, 7) is 0.948. The minimum absolute atomic E-state index is 0.593. The summed E-state index contributed by atoms with van der Waals surface area (Å²) in [7, 11) is 0. The number of nitrogens with one attached hydrogen (secondary N) is 1. The molecule has 1 aliphatic rings. The monoisotopic (exact) mass is 230 g/mol. The lowest BCUT2D eigenvalue weighted by Crippen LogP contribution is -2.04. The molecular weight excluding hydrogens is 219 g/mol. The molecule has 2 nitrogen and oxygen atoms in total. The van der Waals surface area contributed by atoms with Gasteiger partial charge in [-0.3, -0.25) is 0 Å². The number of rotatable bonds is 3. The Labute approximate surface area is 93.4 Å². The summed E-state index contributed by atoms with van der Waals surface area (Å²) in [5, 5.41) is 4.44. The lowest BCUT2D eigenvalue weighted by atomic mass is 10.2. The molecule has 0 aliphatic heterocycles. The van der Waals surface area contributed by atoms with E-state index in [4.69, 9.17) is 28.9 Å². The van der Waals surface area contributed by atoms with Gasteiger partial charge in [0.05, 0.1) is 15.7 Å². The molecule has 0 amide bonds. The van der Waals surface area contributed by atoms with Gasteiger partial charge in [-0.05, 0) is 30.9 Å². The maximum absolute atomic E-state index is 6.01. The summed E-state index contributed by atoms with van der Waals surface area (Å²) in [6.07, 6.45) is 2.61. The normalized spacial score (nSPS) is 15.6. The Morgan fingerprint density at radius 2 is 1.86 bits per heavy atom. The molecular formula is C10H12Cl2N2. The molecule has 1 aromatic rings. The van der Waals surface area contributed by atoms with Gasteiger partial charge in [0, 0.05) is 12.2 Å². The fourth-order valence-corrected chi connectivity index (χ4v) is 1.97. The van der Waals surface area contributed by atoms with Crippen molar-refractivity contribution in [2.45, 2.75) is 12.8 Å². The fraction of sp³-hybridized carbons (Fsp3) is 0.400. The van der Waals surface area contributed by atoms with Gasteiger partial charge in [-0.2, -0.15) is 0 Å². The van der Waals surface area contributed by atoms with Gasteiger partial charge < -0.3 is 11.1 Å². The Bertz CT molecular complexity index is 325. The van der Waals surface area contributed by atoms with Gasteiger partial charge >= 0.3 is 0 Å². The van der Waals surface area contributed by atoms with Crippen molar-refractivity contribution in [3.63, 3.8) is 0 Å². The van der Waals surface area contributed by atoms with Crippen molar-refractivity contribution in [2.75, 3.05) is 17.6 Å². The van der Waals surface area contributed by atoms with Gasteiger partial charge in [0.1, 0.15) is 0 Å². The van der Waals surface area contributed by atoms with E-state index in [0.29, 0.717) is 15.7 Å². The molecule has 1 fully saturated rings. The average Bonchev–Trinajstić information content (AvgIpc) is 2.85. The molecule has 4 heteroatoms. The topological polar surface area (TPSA) is 38.0 Å². The summed E-state index contributed by atoms with van der Waals surface area (Å²) >= 11 is 12.0. The van der Waals surface area contributed by atoms with Gasteiger partial charge in [-0.25, -0.2) is 0 Å². The molecule has 0 heterocycles. The van der Waals surface area contributed by atoms with E-state index in [2.05, 4.69) is 5.32 Å². The van der Waals surface area contributed by atoms with Crippen molar-refractivity contribution >= 4 is 34.6 Å². The van der Waals surface area contributed by atoms with Crippen molar-refractivity contribution in [2.24, 2.45) is 5.92 Å². The number of halogens is 2. The molecule has 0 unspecified atom stereocenters. The number of hydrogen-bond acceptors (Lipinski definition) is 2. The van der Waals surface area contributed by atoms with Crippen LogP contribution in [-0.2, 0) is 0 Å². The minimum atomic E-state index is 0.593. The zero-order chi connectivity index (χ0) is 10.1. The van der Waals surface area contributed by atoms with Crippen LogP contribution in [0.15, 0.2) is 12.1 Å². The van der Waals surface area contributed by atoms with Gasteiger partial charge in [-0.1, -0.05) is 23.2 Å². The van der Waals surface area contributed by atoms with E-state index in [0.717, 1.165) is 18.2 Å². The fourth-order valence-electron chi connectivity index (χ4n) is 1.33. The van der Waals surface area contributed by atoms with Crippen molar-refractivity contribution in [1.29, 1.82) is 0 Å². The number of nitrogen functional groups attached to an aromatic ring is 1. The Balaban J connectivity index is 2.13. The Morgan fingerprint density at radius 3 is 2.36 bits per heavy atom. The molecule has 1 aromatic carbocycles. The third-order valence-corrected chi connectivity index (χ3v) is 2.93. The third-order valence-electron chi connectivity index (χ3n) is 2.33. The molecule has 2 rings (SSSR count). The molecule has 0 saturated heterocycles. The Kier molecular flexibility index (Phi) is 2.75. The highest BCUT2D eigenvalue weighted by molar-refractivity contribution is 6.39. The predicted molar refractivity (Wildman–Crippen MR) is 62.1 cm³/mol. The van der Waals surface area contributed by atoms with Crippen molar-refractivity contribution in [3.05, 3.63) is 22.2 Å².